The summed E-state index contributed by atoms with van der Waals surface area (Å²) in [5.74, 6) is 0.758. The van der Waals surface area contributed by atoms with E-state index >= 15 is 0 Å². The topological polar surface area (TPSA) is 86.8 Å². The second-order valence-corrected chi connectivity index (χ2v) is 9.39. The number of benzene rings is 2. The Balaban J connectivity index is 1.57. The van der Waals surface area contributed by atoms with E-state index in [4.69, 9.17) is 26.5 Å². The van der Waals surface area contributed by atoms with Gasteiger partial charge in [0.05, 0.1) is 29.9 Å². The highest BCUT2D eigenvalue weighted by Crippen LogP contribution is 2.47. The van der Waals surface area contributed by atoms with Gasteiger partial charge in [0.15, 0.2) is 11.0 Å². The lowest BCUT2D eigenvalue weighted by molar-refractivity contribution is -0.384. The maximum atomic E-state index is 11.3. The number of amidine groups is 1. The molecule has 4 aliphatic rings. The standard InChI is InChI=1S/C24H25ClN6O3/c25-22-19-5-1-2-6-20(19)23-27-30(17-8-10-18(11-9-17)31(32)33)24(28-13-15-34-16-14-28)12-4-3-7-21(24)29(23)26-22/h1-2,5-6,8-11,21H,3-4,7,12-16H2/t21-,24-/m0/s1. The number of rotatable bonds is 3. The Morgan fingerprint density at radius 1 is 1.03 bits per heavy atom. The molecule has 2 aromatic rings. The Bertz CT molecular complexity index is 1180. The monoisotopic (exact) mass is 480 g/mol. The van der Waals surface area contributed by atoms with Crippen molar-refractivity contribution < 1.29 is 9.66 Å². The Hall–Kier alpha value is -3.01. The van der Waals surface area contributed by atoms with Crippen molar-refractivity contribution >= 4 is 34.0 Å². The number of hydrogen-bond acceptors (Lipinski definition) is 8. The number of ether oxygens (including phenoxy) is 1. The average molecular weight is 481 g/mol. The normalized spacial score (nSPS) is 26.7. The molecule has 2 atom stereocenters. The molecule has 0 bridgehead atoms. The molecular formula is C24H25ClN6O3. The first kappa shape index (κ1) is 21.5. The summed E-state index contributed by atoms with van der Waals surface area (Å²) < 4.78 is 5.69. The van der Waals surface area contributed by atoms with E-state index in [9.17, 15) is 10.1 Å². The Morgan fingerprint density at radius 3 is 2.50 bits per heavy atom. The fourth-order valence-electron chi connectivity index (χ4n) is 5.81. The summed E-state index contributed by atoms with van der Waals surface area (Å²) in [4.78, 5) is 13.4. The van der Waals surface area contributed by atoms with Gasteiger partial charge in [-0.15, -0.1) is 0 Å². The molecule has 9 nitrogen and oxygen atoms in total. The first-order valence-corrected chi connectivity index (χ1v) is 12.1. The van der Waals surface area contributed by atoms with E-state index in [2.05, 4.69) is 9.91 Å². The quantitative estimate of drug-likeness (QED) is 0.488. The van der Waals surface area contributed by atoms with Crippen LogP contribution in [0.2, 0.25) is 0 Å². The van der Waals surface area contributed by atoms with Gasteiger partial charge >= 0.3 is 0 Å². The number of hydrogen-bond donors (Lipinski definition) is 0. The summed E-state index contributed by atoms with van der Waals surface area (Å²) in [6.07, 6.45) is 3.99. The average Bonchev–Trinajstić information content (AvgIpc) is 2.89. The van der Waals surface area contributed by atoms with Crippen molar-refractivity contribution in [3.8, 4) is 0 Å². The maximum Gasteiger partial charge on any atom is 0.269 e. The predicted octanol–water partition coefficient (Wildman–Crippen LogP) is 3.96. The minimum Gasteiger partial charge on any atom is -0.379 e. The first-order chi connectivity index (χ1) is 16.6. The molecular weight excluding hydrogens is 456 g/mol. The van der Waals surface area contributed by atoms with Gasteiger partial charge in [-0.1, -0.05) is 42.3 Å². The van der Waals surface area contributed by atoms with Crippen LogP contribution in [0.15, 0.2) is 58.7 Å². The second-order valence-electron chi connectivity index (χ2n) is 9.03. The van der Waals surface area contributed by atoms with Crippen LogP contribution in [0.1, 0.15) is 36.8 Å². The van der Waals surface area contributed by atoms with E-state index in [1.165, 1.54) is 0 Å². The van der Waals surface area contributed by atoms with Gasteiger partial charge in [0.1, 0.15) is 5.66 Å². The van der Waals surface area contributed by atoms with Crippen LogP contribution < -0.4 is 5.01 Å². The molecule has 1 aliphatic carbocycles. The fourth-order valence-corrected chi connectivity index (χ4v) is 6.06. The van der Waals surface area contributed by atoms with Crippen LogP contribution in [0.25, 0.3) is 0 Å². The Morgan fingerprint density at radius 2 is 1.76 bits per heavy atom. The molecule has 3 heterocycles. The SMILES string of the molecule is O=[N+]([O-])c1ccc(N2N=C3c4ccccc4C(Cl)=NN3[C@H]3CCCC[C@@]32N2CCOCC2)cc1. The van der Waals surface area contributed by atoms with E-state index in [-0.39, 0.29) is 16.7 Å². The van der Waals surface area contributed by atoms with Gasteiger partial charge in [0.25, 0.3) is 5.69 Å². The zero-order valence-corrected chi connectivity index (χ0v) is 19.4. The summed E-state index contributed by atoms with van der Waals surface area (Å²) in [5, 5.41) is 26.0. The number of nitro benzene ring substituents is 1. The van der Waals surface area contributed by atoms with Gasteiger partial charge in [-0.05, 0) is 31.4 Å². The zero-order valence-electron chi connectivity index (χ0n) is 18.6. The number of fused-ring (bicyclic) bond motifs is 5. The van der Waals surface area contributed by atoms with E-state index in [0.29, 0.717) is 18.4 Å². The summed E-state index contributed by atoms with van der Waals surface area (Å²) >= 11 is 6.67. The molecule has 0 amide bonds. The van der Waals surface area contributed by atoms with Crippen LogP contribution in [0.4, 0.5) is 11.4 Å². The Labute approximate surface area is 202 Å². The van der Waals surface area contributed by atoms with E-state index in [0.717, 1.165) is 61.4 Å². The summed E-state index contributed by atoms with van der Waals surface area (Å²) in [7, 11) is 0. The fraction of sp³-hybridized carbons (Fsp3) is 0.417. The van der Waals surface area contributed by atoms with Gasteiger partial charge in [-0.2, -0.15) is 10.2 Å². The molecule has 176 valence electrons. The minimum atomic E-state index is -0.464. The molecule has 34 heavy (non-hydrogen) atoms. The lowest BCUT2D eigenvalue weighted by Crippen LogP contribution is -2.75. The summed E-state index contributed by atoms with van der Waals surface area (Å²) in [6, 6.07) is 14.6. The molecule has 0 spiro atoms. The van der Waals surface area contributed by atoms with Gasteiger partial charge < -0.3 is 4.74 Å². The summed E-state index contributed by atoms with van der Waals surface area (Å²) in [5.41, 5.74) is 2.23. The molecule has 0 aromatic heterocycles. The number of hydrazone groups is 2. The smallest absolute Gasteiger partial charge is 0.269 e. The highest BCUT2D eigenvalue weighted by Gasteiger charge is 2.57. The molecule has 0 unspecified atom stereocenters. The van der Waals surface area contributed by atoms with Gasteiger partial charge in [0, 0.05) is 36.3 Å². The number of nitro groups is 1. The number of non-ortho nitro benzene ring substituents is 1. The third-order valence-corrected chi connectivity index (χ3v) is 7.61. The van der Waals surface area contributed by atoms with Gasteiger partial charge in [-0.25, -0.2) is 10.0 Å². The van der Waals surface area contributed by atoms with Crippen molar-refractivity contribution in [3.63, 3.8) is 0 Å². The van der Waals surface area contributed by atoms with Crippen LogP contribution in [0, 0.1) is 10.1 Å². The number of anilines is 1. The van der Waals surface area contributed by atoms with Crippen LogP contribution >= 0.6 is 11.6 Å². The first-order valence-electron chi connectivity index (χ1n) is 11.7. The third-order valence-electron chi connectivity index (χ3n) is 7.33. The molecule has 2 fully saturated rings. The molecule has 3 aliphatic heterocycles. The highest BCUT2D eigenvalue weighted by molar-refractivity contribution is 6.70. The molecule has 10 heteroatoms. The van der Waals surface area contributed by atoms with Crippen molar-refractivity contribution in [1.29, 1.82) is 0 Å². The number of nitrogens with zero attached hydrogens (tertiary/aromatic N) is 6. The van der Waals surface area contributed by atoms with Crippen LogP contribution in [0.3, 0.4) is 0 Å². The summed E-state index contributed by atoms with van der Waals surface area (Å²) in [6.45, 7) is 2.89. The lowest BCUT2D eigenvalue weighted by Gasteiger charge is -2.60. The number of halogens is 1. The minimum absolute atomic E-state index is 0.0177. The molecule has 2 aromatic carbocycles. The van der Waals surface area contributed by atoms with Crippen LogP contribution in [-0.2, 0) is 4.74 Å². The van der Waals surface area contributed by atoms with E-state index in [1.807, 2.05) is 29.3 Å². The second kappa shape index (κ2) is 8.33. The molecule has 6 rings (SSSR count). The van der Waals surface area contributed by atoms with Crippen molar-refractivity contribution in [2.75, 3.05) is 31.3 Å². The third kappa shape index (κ3) is 3.22. The van der Waals surface area contributed by atoms with E-state index in [1.54, 1.807) is 24.3 Å². The number of morpholine rings is 1. The molecule has 0 radical (unpaired) electrons. The van der Waals surface area contributed by atoms with Crippen molar-refractivity contribution in [2.24, 2.45) is 10.2 Å². The zero-order chi connectivity index (χ0) is 23.3. The molecule has 1 saturated carbocycles. The van der Waals surface area contributed by atoms with Gasteiger partial charge in [0.2, 0.25) is 0 Å². The Kier molecular flexibility index (Phi) is 5.28. The predicted molar refractivity (Wildman–Crippen MR) is 130 cm³/mol. The van der Waals surface area contributed by atoms with Crippen molar-refractivity contribution in [2.45, 2.75) is 37.4 Å². The largest absolute Gasteiger partial charge is 0.379 e. The van der Waals surface area contributed by atoms with E-state index < -0.39 is 5.66 Å². The van der Waals surface area contributed by atoms with Crippen LogP contribution in [0.5, 0.6) is 0 Å². The molecule has 1 saturated heterocycles. The van der Waals surface area contributed by atoms with Crippen molar-refractivity contribution in [3.05, 3.63) is 69.8 Å². The maximum absolute atomic E-state index is 11.3. The van der Waals surface area contributed by atoms with Crippen LogP contribution in [-0.4, -0.2) is 63.8 Å². The highest BCUT2D eigenvalue weighted by atomic mass is 35.5. The molecule has 0 N–H and O–H groups in total. The van der Waals surface area contributed by atoms with Gasteiger partial charge in [-0.3, -0.25) is 15.0 Å². The van der Waals surface area contributed by atoms with Crippen molar-refractivity contribution in [1.82, 2.24) is 9.91 Å². The lowest BCUT2D eigenvalue weighted by atomic mass is 9.80.